The van der Waals surface area contributed by atoms with E-state index in [-0.39, 0.29) is 6.17 Å². The van der Waals surface area contributed by atoms with Crippen molar-refractivity contribution in [2.45, 2.75) is 19.5 Å². The average Bonchev–Trinajstić information content (AvgIpc) is 2.26. The fraction of sp³-hybridized carbons (Fsp3) is 0.333. The van der Waals surface area contributed by atoms with Crippen molar-refractivity contribution in [1.29, 1.82) is 0 Å². The van der Waals surface area contributed by atoms with Gasteiger partial charge in [0.15, 0.2) is 0 Å². The molecule has 14 heavy (non-hydrogen) atoms. The second kappa shape index (κ2) is 5.58. The standard InChI is InChI=1S/C12H18N2/c1-3-10(9-12(13)14-2)11-7-5-4-6-8-11/h4-9,12,14H,3,13H2,1-2H3/b10-9+. The van der Waals surface area contributed by atoms with Crippen LogP contribution in [0.2, 0.25) is 0 Å². The van der Waals surface area contributed by atoms with Gasteiger partial charge in [-0.2, -0.15) is 0 Å². The molecule has 1 unspecified atom stereocenters. The van der Waals surface area contributed by atoms with Crippen LogP contribution in [0.5, 0.6) is 0 Å². The van der Waals surface area contributed by atoms with E-state index in [1.165, 1.54) is 11.1 Å². The average molecular weight is 190 g/mol. The molecule has 0 aliphatic rings. The fourth-order valence-electron chi connectivity index (χ4n) is 1.37. The molecule has 1 aromatic carbocycles. The highest BCUT2D eigenvalue weighted by atomic mass is 15.0. The summed E-state index contributed by atoms with van der Waals surface area (Å²) in [5.74, 6) is 0. The quantitative estimate of drug-likeness (QED) is 0.712. The van der Waals surface area contributed by atoms with Gasteiger partial charge in [-0.15, -0.1) is 0 Å². The van der Waals surface area contributed by atoms with Crippen molar-refractivity contribution in [2.24, 2.45) is 5.73 Å². The number of nitrogens with one attached hydrogen (secondary N) is 1. The normalized spacial score (nSPS) is 14.1. The minimum absolute atomic E-state index is 0.0647. The van der Waals surface area contributed by atoms with Gasteiger partial charge in [0.1, 0.15) is 0 Å². The van der Waals surface area contributed by atoms with E-state index in [9.17, 15) is 0 Å². The van der Waals surface area contributed by atoms with E-state index in [1.54, 1.807) is 0 Å². The van der Waals surface area contributed by atoms with E-state index in [2.05, 4.69) is 30.4 Å². The maximum absolute atomic E-state index is 5.80. The third kappa shape index (κ3) is 2.98. The van der Waals surface area contributed by atoms with Crippen LogP contribution in [-0.4, -0.2) is 13.2 Å². The molecule has 0 aliphatic carbocycles. The zero-order valence-electron chi connectivity index (χ0n) is 8.83. The highest BCUT2D eigenvalue weighted by molar-refractivity contribution is 5.65. The predicted octanol–water partition coefficient (Wildman–Crippen LogP) is 1.98. The highest BCUT2D eigenvalue weighted by Crippen LogP contribution is 2.17. The summed E-state index contributed by atoms with van der Waals surface area (Å²) in [6, 6.07) is 10.3. The summed E-state index contributed by atoms with van der Waals surface area (Å²) in [6.07, 6.45) is 3.00. The molecule has 3 N–H and O–H groups in total. The molecule has 0 heterocycles. The molecule has 2 heteroatoms. The first-order valence-corrected chi connectivity index (χ1v) is 4.97. The van der Waals surface area contributed by atoms with Gasteiger partial charge < -0.3 is 11.1 Å². The lowest BCUT2D eigenvalue weighted by Gasteiger charge is -2.09. The second-order valence-electron chi connectivity index (χ2n) is 3.23. The number of hydrogen-bond acceptors (Lipinski definition) is 2. The lowest BCUT2D eigenvalue weighted by atomic mass is 10.0. The molecular formula is C12H18N2. The van der Waals surface area contributed by atoms with Gasteiger partial charge >= 0.3 is 0 Å². The van der Waals surface area contributed by atoms with Gasteiger partial charge in [-0.25, -0.2) is 0 Å². The molecule has 2 nitrogen and oxygen atoms in total. The minimum Gasteiger partial charge on any atom is -0.313 e. The van der Waals surface area contributed by atoms with Crippen molar-refractivity contribution in [2.75, 3.05) is 7.05 Å². The number of allylic oxidation sites excluding steroid dienone is 1. The molecule has 0 fully saturated rings. The van der Waals surface area contributed by atoms with Crippen molar-refractivity contribution in [3.63, 3.8) is 0 Å². The summed E-state index contributed by atoms with van der Waals surface area (Å²) in [5, 5.41) is 3.00. The van der Waals surface area contributed by atoms with Crippen LogP contribution in [0.25, 0.3) is 5.57 Å². The summed E-state index contributed by atoms with van der Waals surface area (Å²) in [4.78, 5) is 0. The Morgan fingerprint density at radius 2 is 2.07 bits per heavy atom. The third-order valence-electron chi connectivity index (χ3n) is 2.24. The molecule has 0 bridgehead atoms. The number of nitrogens with two attached hydrogens (primary N) is 1. The molecule has 0 aromatic heterocycles. The Bertz CT molecular complexity index is 290. The Morgan fingerprint density at radius 1 is 1.43 bits per heavy atom. The van der Waals surface area contributed by atoms with Gasteiger partial charge in [0.2, 0.25) is 0 Å². The van der Waals surface area contributed by atoms with Gasteiger partial charge in [0, 0.05) is 0 Å². The van der Waals surface area contributed by atoms with Gasteiger partial charge in [-0.3, -0.25) is 0 Å². The van der Waals surface area contributed by atoms with E-state index >= 15 is 0 Å². The van der Waals surface area contributed by atoms with E-state index in [0.717, 1.165) is 6.42 Å². The van der Waals surface area contributed by atoms with E-state index in [0.29, 0.717) is 0 Å². The molecule has 0 saturated carbocycles. The van der Waals surface area contributed by atoms with Gasteiger partial charge in [0.25, 0.3) is 0 Å². The van der Waals surface area contributed by atoms with Crippen molar-refractivity contribution < 1.29 is 0 Å². The fourth-order valence-corrected chi connectivity index (χ4v) is 1.37. The van der Waals surface area contributed by atoms with Crippen LogP contribution in [0.4, 0.5) is 0 Å². The largest absolute Gasteiger partial charge is 0.313 e. The number of benzene rings is 1. The van der Waals surface area contributed by atoms with Crippen LogP contribution in [0.3, 0.4) is 0 Å². The van der Waals surface area contributed by atoms with Crippen LogP contribution in [-0.2, 0) is 0 Å². The first kappa shape index (κ1) is 11.0. The molecule has 0 saturated heterocycles. The van der Waals surface area contributed by atoms with Crippen molar-refractivity contribution in [3.8, 4) is 0 Å². The Balaban J connectivity index is 2.87. The van der Waals surface area contributed by atoms with Crippen molar-refractivity contribution in [1.82, 2.24) is 5.32 Å². The minimum atomic E-state index is -0.0647. The molecule has 0 aliphatic heterocycles. The predicted molar refractivity (Wildman–Crippen MR) is 61.7 cm³/mol. The highest BCUT2D eigenvalue weighted by Gasteiger charge is 2.00. The topological polar surface area (TPSA) is 38.0 Å². The molecule has 76 valence electrons. The molecule has 1 atom stereocenters. The van der Waals surface area contributed by atoms with Gasteiger partial charge in [-0.1, -0.05) is 37.3 Å². The van der Waals surface area contributed by atoms with Crippen LogP contribution in [0, 0.1) is 0 Å². The first-order valence-electron chi connectivity index (χ1n) is 4.97. The molecular weight excluding hydrogens is 172 g/mol. The zero-order chi connectivity index (χ0) is 10.4. The lowest BCUT2D eigenvalue weighted by molar-refractivity contribution is 0.698. The summed E-state index contributed by atoms with van der Waals surface area (Å²) in [5.41, 5.74) is 8.33. The maximum Gasteiger partial charge on any atom is 0.0742 e. The Hall–Kier alpha value is -1.12. The SMILES string of the molecule is CC/C(=C\C(N)NC)c1ccccc1. The van der Waals surface area contributed by atoms with Crippen LogP contribution in [0.15, 0.2) is 36.4 Å². The van der Waals surface area contributed by atoms with E-state index in [4.69, 9.17) is 5.73 Å². The van der Waals surface area contributed by atoms with Gasteiger partial charge in [-0.05, 0) is 30.7 Å². The number of rotatable bonds is 4. The van der Waals surface area contributed by atoms with Crippen LogP contribution in [0.1, 0.15) is 18.9 Å². The number of likely N-dealkylation sites (N-methyl/N-ethyl adjacent to an activating group) is 1. The summed E-state index contributed by atoms with van der Waals surface area (Å²) >= 11 is 0. The van der Waals surface area contributed by atoms with E-state index < -0.39 is 0 Å². The Labute approximate surface area is 85.8 Å². The summed E-state index contributed by atoms with van der Waals surface area (Å²) in [6.45, 7) is 2.14. The van der Waals surface area contributed by atoms with Gasteiger partial charge in [0.05, 0.1) is 6.17 Å². The smallest absolute Gasteiger partial charge is 0.0742 e. The first-order chi connectivity index (χ1) is 6.77. The molecule has 0 radical (unpaired) electrons. The monoisotopic (exact) mass is 190 g/mol. The second-order valence-corrected chi connectivity index (χ2v) is 3.23. The molecule has 0 amide bonds. The summed E-state index contributed by atoms with van der Waals surface area (Å²) in [7, 11) is 1.86. The van der Waals surface area contributed by atoms with Crippen LogP contribution >= 0.6 is 0 Å². The Morgan fingerprint density at radius 3 is 2.57 bits per heavy atom. The molecule has 1 rings (SSSR count). The van der Waals surface area contributed by atoms with Crippen LogP contribution < -0.4 is 11.1 Å². The third-order valence-corrected chi connectivity index (χ3v) is 2.24. The maximum atomic E-state index is 5.80. The Kier molecular flexibility index (Phi) is 4.36. The van der Waals surface area contributed by atoms with Crippen molar-refractivity contribution >= 4 is 5.57 Å². The lowest BCUT2D eigenvalue weighted by Crippen LogP contribution is -2.32. The van der Waals surface area contributed by atoms with Crippen molar-refractivity contribution in [3.05, 3.63) is 42.0 Å². The molecule has 0 spiro atoms. The summed E-state index contributed by atoms with van der Waals surface area (Å²) < 4.78 is 0. The zero-order valence-corrected chi connectivity index (χ0v) is 8.83. The number of hydrogen-bond donors (Lipinski definition) is 2. The molecule has 1 aromatic rings. The van der Waals surface area contributed by atoms with E-state index in [1.807, 2.05) is 25.2 Å².